The smallest absolute Gasteiger partial charge is 0.317 e. The molecule has 0 aliphatic carbocycles. The van der Waals surface area contributed by atoms with Gasteiger partial charge in [0.15, 0.2) is 0 Å². The van der Waals surface area contributed by atoms with Crippen LogP contribution in [0.5, 0.6) is 0 Å². The van der Waals surface area contributed by atoms with Crippen molar-refractivity contribution in [1.82, 2.24) is 4.90 Å². The first-order valence-electron chi connectivity index (χ1n) is 4.47. The number of nitrogens with zero attached hydrogens (tertiary/aromatic N) is 1. The standard InChI is InChI=1S/C8H15F3N2/c1-2-13-5-3-4-7(12,6-13)8(9,10)11/h2-6,12H2,1H3/t7-/m0/s1. The molecule has 2 N–H and O–H groups in total. The fourth-order valence-corrected chi connectivity index (χ4v) is 1.68. The number of likely N-dealkylation sites (N-methyl/N-ethyl adjacent to an activating group) is 1. The molecule has 1 atom stereocenters. The number of hydrogen-bond acceptors (Lipinski definition) is 2. The van der Waals surface area contributed by atoms with E-state index < -0.39 is 11.7 Å². The third-order valence-electron chi connectivity index (χ3n) is 2.61. The lowest BCUT2D eigenvalue weighted by Gasteiger charge is -2.40. The van der Waals surface area contributed by atoms with E-state index in [2.05, 4.69) is 0 Å². The Hall–Kier alpha value is -0.290. The SMILES string of the molecule is CCN1CCC[C@@](N)(C(F)(F)F)C1. The van der Waals surface area contributed by atoms with Gasteiger partial charge in [0.25, 0.3) is 0 Å². The van der Waals surface area contributed by atoms with Gasteiger partial charge in [-0.25, -0.2) is 0 Å². The Morgan fingerprint density at radius 1 is 1.46 bits per heavy atom. The molecule has 0 aromatic heterocycles. The molecule has 0 unspecified atom stereocenters. The Morgan fingerprint density at radius 3 is 2.54 bits per heavy atom. The first-order chi connectivity index (χ1) is 5.89. The number of halogens is 3. The van der Waals surface area contributed by atoms with Crippen molar-refractivity contribution in [3.8, 4) is 0 Å². The van der Waals surface area contributed by atoms with Gasteiger partial charge in [0, 0.05) is 6.54 Å². The molecule has 2 nitrogen and oxygen atoms in total. The van der Waals surface area contributed by atoms with E-state index in [1.807, 2.05) is 6.92 Å². The summed E-state index contributed by atoms with van der Waals surface area (Å²) in [6, 6.07) is 0. The summed E-state index contributed by atoms with van der Waals surface area (Å²) < 4.78 is 37.5. The summed E-state index contributed by atoms with van der Waals surface area (Å²) in [6.45, 7) is 3.15. The van der Waals surface area contributed by atoms with Crippen LogP contribution in [0.15, 0.2) is 0 Å². The van der Waals surface area contributed by atoms with Crippen molar-refractivity contribution >= 4 is 0 Å². The molecule has 1 fully saturated rings. The fourth-order valence-electron chi connectivity index (χ4n) is 1.68. The van der Waals surface area contributed by atoms with Gasteiger partial charge in [-0.3, -0.25) is 0 Å². The molecule has 0 saturated carbocycles. The lowest BCUT2D eigenvalue weighted by atomic mass is 9.89. The largest absolute Gasteiger partial charge is 0.407 e. The van der Waals surface area contributed by atoms with E-state index in [9.17, 15) is 13.2 Å². The van der Waals surface area contributed by atoms with E-state index >= 15 is 0 Å². The number of hydrogen-bond donors (Lipinski definition) is 1. The van der Waals surface area contributed by atoms with Crippen LogP contribution in [0.2, 0.25) is 0 Å². The predicted octanol–water partition coefficient (Wildman–Crippen LogP) is 1.36. The Morgan fingerprint density at radius 2 is 2.08 bits per heavy atom. The van der Waals surface area contributed by atoms with Gasteiger partial charge in [0.05, 0.1) is 0 Å². The van der Waals surface area contributed by atoms with E-state index in [1.54, 1.807) is 4.90 Å². The zero-order valence-electron chi connectivity index (χ0n) is 7.69. The van der Waals surface area contributed by atoms with Crippen LogP contribution in [0.1, 0.15) is 19.8 Å². The fraction of sp³-hybridized carbons (Fsp3) is 1.00. The summed E-state index contributed by atoms with van der Waals surface area (Å²) in [7, 11) is 0. The minimum Gasteiger partial charge on any atom is -0.317 e. The normalized spacial score (nSPS) is 32.1. The monoisotopic (exact) mass is 196 g/mol. The Balaban J connectivity index is 2.68. The lowest BCUT2D eigenvalue weighted by Crippen LogP contribution is -2.62. The maximum atomic E-state index is 12.5. The summed E-state index contributed by atoms with van der Waals surface area (Å²) in [4.78, 5) is 1.75. The van der Waals surface area contributed by atoms with Crippen molar-refractivity contribution in [2.75, 3.05) is 19.6 Å². The van der Waals surface area contributed by atoms with Gasteiger partial charge >= 0.3 is 6.18 Å². The van der Waals surface area contributed by atoms with Gasteiger partial charge in [-0.1, -0.05) is 6.92 Å². The lowest BCUT2D eigenvalue weighted by molar-refractivity contribution is -0.198. The molecule has 1 rings (SSSR count). The zero-order chi connectivity index (χ0) is 10.1. The summed E-state index contributed by atoms with van der Waals surface area (Å²) in [5.74, 6) is 0. The summed E-state index contributed by atoms with van der Waals surface area (Å²) in [5.41, 5.74) is 3.35. The van der Waals surface area contributed by atoms with Crippen molar-refractivity contribution in [3.05, 3.63) is 0 Å². The van der Waals surface area contributed by atoms with Crippen molar-refractivity contribution in [2.24, 2.45) is 5.73 Å². The van der Waals surface area contributed by atoms with Gasteiger partial charge in [0.2, 0.25) is 0 Å². The second-order valence-electron chi connectivity index (χ2n) is 3.63. The molecular formula is C8H15F3N2. The summed E-state index contributed by atoms with van der Waals surface area (Å²) >= 11 is 0. The average molecular weight is 196 g/mol. The molecule has 1 heterocycles. The second-order valence-corrected chi connectivity index (χ2v) is 3.63. The van der Waals surface area contributed by atoms with Crippen LogP contribution in [-0.4, -0.2) is 36.2 Å². The van der Waals surface area contributed by atoms with Crippen LogP contribution in [0.25, 0.3) is 0 Å². The Labute approximate surface area is 75.9 Å². The molecule has 1 saturated heterocycles. The van der Waals surface area contributed by atoms with Gasteiger partial charge in [-0.2, -0.15) is 13.2 Å². The van der Waals surface area contributed by atoms with Crippen LogP contribution in [0.4, 0.5) is 13.2 Å². The van der Waals surface area contributed by atoms with Crippen LogP contribution in [0, 0.1) is 0 Å². The Kier molecular flexibility index (Phi) is 2.87. The second kappa shape index (κ2) is 3.46. The van der Waals surface area contributed by atoms with Crippen molar-refractivity contribution in [3.63, 3.8) is 0 Å². The van der Waals surface area contributed by atoms with E-state index in [-0.39, 0.29) is 13.0 Å². The highest BCUT2D eigenvalue weighted by Crippen LogP contribution is 2.34. The first-order valence-corrected chi connectivity index (χ1v) is 4.47. The third-order valence-corrected chi connectivity index (χ3v) is 2.61. The number of likely N-dealkylation sites (tertiary alicyclic amines) is 1. The van der Waals surface area contributed by atoms with Gasteiger partial charge in [-0.15, -0.1) is 0 Å². The maximum absolute atomic E-state index is 12.5. The van der Waals surface area contributed by atoms with Crippen molar-refractivity contribution < 1.29 is 13.2 Å². The van der Waals surface area contributed by atoms with E-state index in [0.717, 1.165) is 6.54 Å². The van der Waals surface area contributed by atoms with Gasteiger partial charge in [-0.05, 0) is 25.9 Å². The van der Waals surface area contributed by atoms with E-state index in [4.69, 9.17) is 5.73 Å². The molecule has 78 valence electrons. The third kappa shape index (κ3) is 2.14. The average Bonchev–Trinajstić information content (AvgIpc) is 2.02. The highest BCUT2D eigenvalue weighted by atomic mass is 19.4. The molecule has 0 bridgehead atoms. The minimum atomic E-state index is -4.28. The van der Waals surface area contributed by atoms with Crippen molar-refractivity contribution in [1.29, 1.82) is 0 Å². The summed E-state index contributed by atoms with van der Waals surface area (Å²) in [5, 5.41) is 0. The molecule has 0 radical (unpaired) electrons. The summed E-state index contributed by atoms with van der Waals surface area (Å²) in [6.07, 6.45) is -3.70. The van der Waals surface area contributed by atoms with Gasteiger partial charge in [0.1, 0.15) is 5.54 Å². The molecule has 0 aromatic carbocycles. The first kappa shape index (κ1) is 10.8. The molecule has 0 amide bonds. The van der Waals surface area contributed by atoms with Crippen LogP contribution in [0.3, 0.4) is 0 Å². The molecule has 1 aliphatic rings. The zero-order valence-corrected chi connectivity index (χ0v) is 7.69. The van der Waals surface area contributed by atoms with E-state index in [1.165, 1.54) is 0 Å². The Bertz CT molecular complexity index is 181. The number of alkyl halides is 3. The van der Waals surface area contributed by atoms with Crippen LogP contribution >= 0.6 is 0 Å². The topological polar surface area (TPSA) is 29.3 Å². The minimum absolute atomic E-state index is 0.0486. The molecule has 5 heteroatoms. The highest BCUT2D eigenvalue weighted by molar-refractivity contribution is 4.97. The molecule has 0 spiro atoms. The number of rotatable bonds is 1. The number of nitrogens with two attached hydrogens (primary N) is 1. The number of piperidine rings is 1. The molecular weight excluding hydrogens is 181 g/mol. The van der Waals surface area contributed by atoms with Crippen LogP contribution in [-0.2, 0) is 0 Å². The molecule has 0 aromatic rings. The predicted molar refractivity (Wildman–Crippen MR) is 44.3 cm³/mol. The van der Waals surface area contributed by atoms with Crippen LogP contribution < -0.4 is 5.73 Å². The maximum Gasteiger partial charge on any atom is 0.407 e. The van der Waals surface area contributed by atoms with Gasteiger partial charge < -0.3 is 10.6 Å². The molecule has 13 heavy (non-hydrogen) atoms. The molecule has 1 aliphatic heterocycles. The van der Waals surface area contributed by atoms with E-state index in [0.29, 0.717) is 13.0 Å². The van der Waals surface area contributed by atoms with Crippen molar-refractivity contribution in [2.45, 2.75) is 31.5 Å². The highest BCUT2D eigenvalue weighted by Gasteiger charge is 2.53. The quantitative estimate of drug-likeness (QED) is 0.686.